The first kappa shape index (κ1) is 13.2. The topological polar surface area (TPSA) is 38.0 Å². The Morgan fingerprint density at radius 2 is 2.11 bits per heavy atom. The smallest absolute Gasteiger partial charge is 0.0629 e. The average Bonchev–Trinajstić information content (AvgIpc) is 3.01. The minimum atomic E-state index is -0.189. The summed E-state index contributed by atoms with van der Waals surface area (Å²) in [6, 6.07) is 0. The summed E-state index contributed by atoms with van der Waals surface area (Å²) >= 11 is 0. The molecule has 1 heterocycles. The Hall–Kier alpha value is -0.830. The van der Waals surface area contributed by atoms with Gasteiger partial charge in [0, 0.05) is 19.2 Å². The van der Waals surface area contributed by atoms with Crippen molar-refractivity contribution in [3.8, 4) is 0 Å². The summed E-state index contributed by atoms with van der Waals surface area (Å²) in [6.45, 7) is 4.15. The van der Waals surface area contributed by atoms with Crippen LogP contribution >= 0.6 is 0 Å². The molecule has 0 aliphatic heterocycles. The number of aryl methyl sites for hydroxylation is 2. The molecule has 1 aromatic heterocycles. The quantitative estimate of drug-likeness (QED) is 0.906. The standard InChI is InChI=1S/C16H26N2O/c1-10-16(11(2)18(3)17-10)9-15(19)8-14-7-12-4-5-13(14)6-12/h12-15,19H,4-9H2,1-3H3. The van der Waals surface area contributed by atoms with Gasteiger partial charge in [-0.25, -0.2) is 0 Å². The van der Waals surface area contributed by atoms with Crippen LogP contribution in [0.2, 0.25) is 0 Å². The van der Waals surface area contributed by atoms with Crippen LogP contribution in [0.15, 0.2) is 0 Å². The van der Waals surface area contributed by atoms with Crippen LogP contribution in [0.25, 0.3) is 0 Å². The molecule has 0 saturated heterocycles. The molecule has 2 aliphatic rings. The minimum Gasteiger partial charge on any atom is -0.393 e. The van der Waals surface area contributed by atoms with E-state index in [0.717, 1.165) is 36.3 Å². The lowest BCUT2D eigenvalue weighted by molar-refractivity contribution is 0.124. The van der Waals surface area contributed by atoms with Gasteiger partial charge < -0.3 is 5.11 Å². The molecule has 0 aromatic carbocycles. The molecule has 3 heteroatoms. The summed E-state index contributed by atoms with van der Waals surface area (Å²) < 4.78 is 1.93. The van der Waals surface area contributed by atoms with Crippen molar-refractivity contribution >= 4 is 0 Å². The maximum Gasteiger partial charge on any atom is 0.0629 e. The maximum atomic E-state index is 10.4. The van der Waals surface area contributed by atoms with Crippen molar-refractivity contribution in [3.63, 3.8) is 0 Å². The van der Waals surface area contributed by atoms with Gasteiger partial charge in [0.05, 0.1) is 11.8 Å². The normalized spacial score (nSPS) is 31.1. The monoisotopic (exact) mass is 262 g/mol. The molecule has 4 atom stereocenters. The second kappa shape index (κ2) is 4.93. The highest BCUT2D eigenvalue weighted by atomic mass is 16.3. The minimum absolute atomic E-state index is 0.189. The Morgan fingerprint density at radius 3 is 2.63 bits per heavy atom. The summed E-state index contributed by atoms with van der Waals surface area (Å²) in [5.41, 5.74) is 3.52. The van der Waals surface area contributed by atoms with E-state index in [0.29, 0.717) is 0 Å². The van der Waals surface area contributed by atoms with Crippen LogP contribution in [0.5, 0.6) is 0 Å². The molecule has 3 nitrogen and oxygen atoms in total. The number of aromatic nitrogens is 2. The molecule has 2 aliphatic carbocycles. The number of fused-ring (bicyclic) bond motifs is 2. The molecular formula is C16H26N2O. The van der Waals surface area contributed by atoms with Crippen molar-refractivity contribution in [2.75, 3.05) is 0 Å². The third-order valence-electron chi connectivity index (χ3n) is 5.56. The second-order valence-corrected chi connectivity index (χ2v) is 6.80. The van der Waals surface area contributed by atoms with Gasteiger partial charge in [-0.2, -0.15) is 5.10 Å². The number of hydrogen-bond donors (Lipinski definition) is 1. The second-order valence-electron chi connectivity index (χ2n) is 6.80. The lowest BCUT2D eigenvalue weighted by Crippen LogP contribution is -2.20. The van der Waals surface area contributed by atoms with Gasteiger partial charge in [0.1, 0.15) is 0 Å². The highest BCUT2D eigenvalue weighted by molar-refractivity contribution is 5.25. The largest absolute Gasteiger partial charge is 0.393 e. The molecule has 3 rings (SSSR count). The fourth-order valence-corrected chi connectivity index (χ4v) is 4.45. The van der Waals surface area contributed by atoms with Crippen LogP contribution < -0.4 is 0 Å². The third-order valence-corrected chi connectivity index (χ3v) is 5.56. The predicted molar refractivity (Wildman–Crippen MR) is 75.9 cm³/mol. The molecule has 0 radical (unpaired) electrons. The van der Waals surface area contributed by atoms with Gasteiger partial charge in [0.15, 0.2) is 0 Å². The Kier molecular flexibility index (Phi) is 3.42. The van der Waals surface area contributed by atoms with Gasteiger partial charge in [-0.05, 0) is 62.8 Å². The summed E-state index contributed by atoms with van der Waals surface area (Å²) in [4.78, 5) is 0. The zero-order chi connectivity index (χ0) is 13.6. The number of aliphatic hydroxyl groups is 1. The Morgan fingerprint density at radius 1 is 1.32 bits per heavy atom. The van der Waals surface area contributed by atoms with E-state index in [1.54, 1.807) is 0 Å². The van der Waals surface area contributed by atoms with Gasteiger partial charge in [0.25, 0.3) is 0 Å². The van der Waals surface area contributed by atoms with E-state index >= 15 is 0 Å². The Bertz CT molecular complexity index is 466. The van der Waals surface area contributed by atoms with Gasteiger partial charge in [0.2, 0.25) is 0 Å². The lowest BCUT2D eigenvalue weighted by Gasteiger charge is -2.24. The fourth-order valence-electron chi connectivity index (χ4n) is 4.45. The molecule has 19 heavy (non-hydrogen) atoms. The fraction of sp³-hybridized carbons (Fsp3) is 0.812. The molecule has 2 fully saturated rings. The number of rotatable bonds is 4. The van der Waals surface area contributed by atoms with E-state index in [1.165, 1.54) is 36.9 Å². The highest BCUT2D eigenvalue weighted by Gasteiger charge is 2.39. The van der Waals surface area contributed by atoms with E-state index in [-0.39, 0.29) is 6.10 Å². The van der Waals surface area contributed by atoms with E-state index < -0.39 is 0 Å². The van der Waals surface area contributed by atoms with Crippen molar-refractivity contribution in [1.29, 1.82) is 0 Å². The number of aliphatic hydroxyl groups excluding tert-OH is 1. The van der Waals surface area contributed by atoms with Crippen LogP contribution in [0, 0.1) is 31.6 Å². The van der Waals surface area contributed by atoms with E-state index in [2.05, 4.69) is 12.0 Å². The van der Waals surface area contributed by atoms with E-state index in [1.807, 2.05) is 18.7 Å². The zero-order valence-electron chi connectivity index (χ0n) is 12.4. The van der Waals surface area contributed by atoms with Crippen LogP contribution in [0.3, 0.4) is 0 Å². The molecule has 106 valence electrons. The van der Waals surface area contributed by atoms with Crippen molar-refractivity contribution in [2.45, 2.75) is 58.5 Å². The number of hydrogen-bond acceptors (Lipinski definition) is 2. The number of nitrogens with zero attached hydrogens (tertiary/aromatic N) is 2. The first-order valence-corrected chi connectivity index (χ1v) is 7.71. The van der Waals surface area contributed by atoms with Crippen molar-refractivity contribution in [3.05, 3.63) is 17.0 Å². The highest BCUT2D eigenvalue weighted by Crippen LogP contribution is 2.50. The van der Waals surface area contributed by atoms with Crippen LogP contribution in [0.4, 0.5) is 0 Å². The van der Waals surface area contributed by atoms with E-state index in [4.69, 9.17) is 0 Å². The van der Waals surface area contributed by atoms with Crippen LogP contribution in [0.1, 0.15) is 49.1 Å². The predicted octanol–water partition coefficient (Wildman–Crippen LogP) is 2.77. The van der Waals surface area contributed by atoms with Gasteiger partial charge in [-0.1, -0.05) is 6.42 Å². The average molecular weight is 262 g/mol. The SMILES string of the molecule is Cc1nn(C)c(C)c1CC(O)CC1CC2CCC1C2. The molecule has 1 N–H and O–H groups in total. The maximum absolute atomic E-state index is 10.4. The summed E-state index contributed by atoms with van der Waals surface area (Å²) in [5.74, 6) is 2.67. The van der Waals surface area contributed by atoms with Gasteiger partial charge in [-0.3, -0.25) is 4.68 Å². The first-order chi connectivity index (χ1) is 9.04. The van der Waals surface area contributed by atoms with Gasteiger partial charge >= 0.3 is 0 Å². The molecule has 2 saturated carbocycles. The van der Waals surface area contributed by atoms with E-state index in [9.17, 15) is 5.11 Å². The summed E-state index contributed by atoms with van der Waals surface area (Å²) in [5, 5.41) is 14.9. The van der Waals surface area contributed by atoms with Gasteiger partial charge in [-0.15, -0.1) is 0 Å². The molecule has 0 spiro atoms. The van der Waals surface area contributed by atoms with Crippen molar-refractivity contribution in [1.82, 2.24) is 9.78 Å². The Balaban J connectivity index is 1.60. The third kappa shape index (κ3) is 2.45. The molecule has 2 bridgehead atoms. The Labute approximate surface area is 116 Å². The van der Waals surface area contributed by atoms with Crippen LogP contribution in [-0.4, -0.2) is 21.0 Å². The summed E-state index contributed by atoms with van der Waals surface area (Å²) in [7, 11) is 1.98. The summed E-state index contributed by atoms with van der Waals surface area (Å²) in [6.07, 6.45) is 7.24. The molecular weight excluding hydrogens is 236 g/mol. The van der Waals surface area contributed by atoms with Crippen molar-refractivity contribution in [2.24, 2.45) is 24.8 Å². The molecule has 4 unspecified atom stereocenters. The molecule has 0 amide bonds. The zero-order valence-corrected chi connectivity index (χ0v) is 12.4. The van der Waals surface area contributed by atoms with Crippen molar-refractivity contribution < 1.29 is 5.11 Å². The first-order valence-electron chi connectivity index (χ1n) is 7.71. The lowest BCUT2D eigenvalue weighted by atomic mass is 9.84. The van der Waals surface area contributed by atoms with Crippen LogP contribution in [-0.2, 0) is 13.5 Å². The molecule has 1 aromatic rings.